The van der Waals surface area contributed by atoms with Gasteiger partial charge in [0.1, 0.15) is 6.54 Å². The molecule has 0 radical (unpaired) electrons. The van der Waals surface area contributed by atoms with Crippen molar-refractivity contribution in [2.24, 2.45) is 0 Å². The second kappa shape index (κ2) is 9.45. The molecule has 2 aromatic heterocycles. The van der Waals surface area contributed by atoms with E-state index in [0.29, 0.717) is 12.1 Å². The van der Waals surface area contributed by atoms with Crippen LogP contribution in [-0.4, -0.2) is 21.4 Å². The van der Waals surface area contributed by atoms with Crippen LogP contribution in [0.1, 0.15) is 27.3 Å². The molecule has 0 aliphatic carbocycles. The summed E-state index contributed by atoms with van der Waals surface area (Å²) >= 11 is 0. The third kappa shape index (κ3) is 5.87. The van der Waals surface area contributed by atoms with Gasteiger partial charge in [0.25, 0.3) is 11.5 Å². The van der Waals surface area contributed by atoms with Crippen molar-refractivity contribution in [1.29, 1.82) is 0 Å². The molecule has 1 aromatic carbocycles. The van der Waals surface area contributed by atoms with E-state index in [2.05, 4.69) is 15.6 Å². The van der Waals surface area contributed by atoms with E-state index < -0.39 is 0 Å². The first kappa shape index (κ1) is 20.0. The van der Waals surface area contributed by atoms with Gasteiger partial charge >= 0.3 is 0 Å². The number of nitrogens with zero attached hydrogens (tertiary/aromatic N) is 2. The minimum atomic E-state index is -0.350. The average molecular weight is 390 g/mol. The third-order valence-corrected chi connectivity index (χ3v) is 4.27. The highest BCUT2D eigenvalue weighted by molar-refractivity contribution is 5.93. The standard InChI is InChI=1S/C22H22N4O3/c1-16-6-5-9-19(25-16)13-24-22(29)18-10-11-21(28)26(14-18)15-20(27)23-12-17-7-3-2-4-8-17/h2-11,14H,12-13,15H2,1H3,(H,23,27)(H,24,29). The normalized spacial score (nSPS) is 10.4. The highest BCUT2D eigenvalue weighted by Crippen LogP contribution is 2.01. The van der Waals surface area contributed by atoms with Crippen LogP contribution in [0.5, 0.6) is 0 Å². The monoisotopic (exact) mass is 390 g/mol. The Labute approximate surface area is 168 Å². The Kier molecular flexibility index (Phi) is 6.52. The summed E-state index contributed by atoms with van der Waals surface area (Å²) in [6, 6.07) is 17.8. The number of amides is 2. The van der Waals surface area contributed by atoms with Crippen molar-refractivity contribution < 1.29 is 9.59 Å². The van der Waals surface area contributed by atoms with Gasteiger partial charge in [0.05, 0.1) is 17.8 Å². The van der Waals surface area contributed by atoms with Crippen molar-refractivity contribution in [2.75, 3.05) is 0 Å². The summed E-state index contributed by atoms with van der Waals surface area (Å²) in [7, 11) is 0. The van der Waals surface area contributed by atoms with Crippen LogP contribution in [0.2, 0.25) is 0 Å². The molecule has 0 saturated heterocycles. The summed E-state index contributed by atoms with van der Waals surface area (Å²) in [5, 5.41) is 5.54. The zero-order valence-corrected chi connectivity index (χ0v) is 16.1. The van der Waals surface area contributed by atoms with Gasteiger partial charge in [0.15, 0.2) is 0 Å². The molecule has 0 saturated carbocycles. The van der Waals surface area contributed by atoms with Crippen LogP contribution in [0, 0.1) is 6.92 Å². The molecule has 0 unspecified atom stereocenters. The molecule has 3 aromatic rings. The summed E-state index contributed by atoms with van der Waals surface area (Å²) in [6.07, 6.45) is 1.39. The molecule has 0 atom stereocenters. The fourth-order valence-electron chi connectivity index (χ4n) is 2.77. The number of pyridine rings is 2. The molecule has 3 rings (SSSR count). The van der Waals surface area contributed by atoms with Gasteiger partial charge in [0.2, 0.25) is 5.91 Å². The SMILES string of the molecule is Cc1cccc(CNC(=O)c2ccc(=O)n(CC(=O)NCc3ccccc3)c2)n1. The summed E-state index contributed by atoms with van der Waals surface area (Å²) in [4.78, 5) is 41.0. The Bertz CT molecular complexity index is 1060. The van der Waals surface area contributed by atoms with Crippen LogP contribution in [0.15, 0.2) is 71.7 Å². The summed E-state index contributed by atoms with van der Waals surface area (Å²) in [6.45, 7) is 2.37. The van der Waals surface area contributed by atoms with Gasteiger partial charge in [-0.25, -0.2) is 0 Å². The maximum absolute atomic E-state index is 12.4. The number of carbonyl (C=O) groups excluding carboxylic acids is 2. The molecule has 2 heterocycles. The summed E-state index contributed by atoms with van der Waals surface area (Å²) in [5.41, 5.74) is 2.52. The second-order valence-corrected chi connectivity index (χ2v) is 6.60. The van der Waals surface area contributed by atoms with E-state index in [9.17, 15) is 14.4 Å². The molecule has 7 heteroatoms. The van der Waals surface area contributed by atoms with Crippen molar-refractivity contribution in [1.82, 2.24) is 20.2 Å². The van der Waals surface area contributed by atoms with Gasteiger partial charge < -0.3 is 15.2 Å². The Balaban J connectivity index is 1.60. The van der Waals surface area contributed by atoms with E-state index in [1.807, 2.05) is 55.5 Å². The predicted molar refractivity (Wildman–Crippen MR) is 109 cm³/mol. The Morgan fingerprint density at radius 2 is 1.72 bits per heavy atom. The molecular formula is C22H22N4O3. The molecule has 148 valence electrons. The molecule has 0 fully saturated rings. The maximum Gasteiger partial charge on any atom is 0.253 e. The number of rotatable bonds is 7. The molecule has 7 nitrogen and oxygen atoms in total. The average Bonchev–Trinajstić information content (AvgIpc) is 2.73. The lowest BCUT2D eigenvalue weighted by molar-refractivity contribution is -0.121. The van der Waals surface area contributed by atoms with Crippen molar-refractivity contribution in [3.8, 4) is 0 Å². The van der Waals surface area contributed by atoms with Crippen molar-refractivity contribution in [3.05, 3.63) is 99.7 Å². The van der Waals surface area contributed by atoms with Gasteiger partial charge in [0, 0.05) is 24.5 Å². The highest BCUT2D eigenvalue weighted by atomic mass is 16.2. The number of hydrogen-bond acceptors (Lipinski definition) is 4. The number of aromatic nitrogens is 2. The van der Waals surface area contributed by atoms with Crippen LogP contribution in [0.25, 0.3) is 0 Å². The zero-order chi connectivity index (χ0) is 20.6. The van der Waals surface area contributed by atoms with Crippen LogP contribution < -0.4 is 16.2 Å². The van der Waals surface area contributed by atoms with Gasteiger partial charge in [-0.1, -0.05) is 36.4 Å². The largest absolute Gasteiger partial charge is 0.350 e. The number of benzene rings is 1. The van der Waals surface area contributed by atoms with Gasteiger partial charge in [-0.2, -0.15) is 0 Å². The Hall–Kier alpha value is -3.74. The minimum absolute atomic E-state index is 0.160. The van der Waals surface area contributed by atoms with E-state index in [-0.39, 0.29) is 30.5 Å². The molecular weight excluding hydrogens is 368 g/mol. The smallest absolute Gasteiger partial charge is 0.253 e. The Morgan fingerprint density at radius 1 is 0.931 bits per heavy atom. The quantitative estimate of drug-likeness (QED) is 0.643. The molecule has 0 aliphatic rings. The molecule has 0 bridgehead atoms. The molecule has 0 aliphatic heterocycles. The minimum Gasteiger partial charge on any atom is -0.350 e. The summed E-state index contributed by atoms with van der Waals surface area (Å²) in [5.74, 6) is -0.649. The van der Waals surface area contributed by atoms with Gasteiger partial charge in [-0.3, -0.25) is 19.4 Å². The van der Waals surface area contributed by atoms with Gasteiger partial charge in [-0.05, 0) is 30.7 Å². The van der Waals surface area contributed by atoms with E-state index >= 15 is 0 Å². The van der Waals surface area contributed by atoms with E-state index in [1.54, 1.807) is 0 Å². The van der Waals surface area contributed by atoms with E-state index in [1.165, 1.54) is 22.9 Å². The number of carbonyl (C=O) groups is 2. The third-order valence-electron chi connectivity index (χ3n) is 4.27. The van der Waals surface area contributed by atoms with Crippen molar-refractivity contribution in [2.45, 2.75) is 26.6 Å². The second-order valence-electron chi connectivity index (χ2n) is 6.60. The van der Waals surface area contributed by atoms with Gasteiger partial charge in [-0.15, -0.1) is 0 Å². The lowest BCUT2D eigenvalue weighted by atomic mass is 10.2. The highest BCUT2D eigenvalue weighted by Gasteiger charge is 2.10. The van der Waals surface area contributed by atoms with Crippen LogP contribution in [-0.2, 0) is 24.4 Å². The van der Waals surface area contributed by atoms with Crippen molar-refractivity contribution in [3.63, 3.8) is 0 Å². The topological polar surface area (TPSA) is 93.1 Å². The number of hydrogen-bond donors (Lipinski definition) is 2. The molecule has 2 N–H and O–H groups in total. The fourth-order valence-corrected chi connectivity index (χ4v) is 2.77. The van der Waals surface area contributed by atoms with Crippen LogP contribution >= 0.6 is 0 Å². The van der Waals surface area contributed by atoms with Crippen molar-refractivity contribution >= 4 is 11.8 Å². The molecule has 0 spiro atoms. The fraction of sp³-hybridized carbons (Fsp3) is 0.182. The lowest BCUT2D eigenvalue weighted by Crippen LogP contribution is -2.32. The first-order valence-corrected chi connectivity index (χ1v) is 9.23. The number of aryl methyl sites for hydroxylation is 1. The summed E-state index contributed by atoms with van der Waals surface area (Å²) < 4.78 is 1.22. The first-order chi connectivity index (χ1) is 14.0. The predicted octanol–water partition coefficient (Wildman–Crippen LogP) is 1.80. The van der Waals surface area contributed by atoms with E-state index in [0.717, 1.165) is 17.0 Å². The lowest BCUT2D eigenvalue weighted by Gasteiger charge is -2.10. The molecule has 29 heavy (non-hydrogen) atoms. The maximum atomic E-state index is 12.4. The zero-order valence-electron chi connectivity index (χ0n) is 16.1. The van der Waals surface area contributed by atoms with Crippen LogP contribution in [0.4, 0.5) is 0 Å². The van der Waals surface area contributed by atoms with E-state index in [4.69, 9.17) is 0 Å². The molecule has 2 amide bonds. The van der Waals surface area contributed by atoms with Crippen LogP contribution in [0.3, 0.4) is 0 Å². The first-order valence-electron chi connectivity index (χ1n) is 9.23. The number of nitrogens with one attached hydrogen (secondary N) is 2. The Morgan fingerprint density at radius 3 is 2.48 bits per heavy atom.